The van der Waals surface area contributed by atoms with Gasteiger partial charge in [-0.05, 0) is 52.9 Å². The van der Waals surface area contributed by atoms with Crippen molar-refractivity contribution in [1.82, 2.24) is 4.90 Å². The molecule has 1 fully saturated rings. The first-order valence-electron chi connectivity index (χ1n) is 5.82. The molecule has 0 aliphatic carbocycles. The Bertz CT molecular complexity index is 427. The second-order valence-electron chi connectivity index (χ2n) is 4.60. The minimum Gasteiger partial charge on any atom is -0.339 e. The van der Waals surface area contributed by atoms with Gasteiger partial charge >= 0.3 is 0 Å². The van der Waals surface area contributed by atoms with E-state index in [2.05, 4.69) is 22.9 Å². The van der Waals surface area contributed by atoms with Crippen LogP contribution in [0.1, 0.15) is 30.1 Å². The first-order chi connectivity index (χ1) is 8.08. The third-order valence-electron chi connectivity index (χ3n) is 3.24. The molecular formula is C13H15BrClNO. The monoisotopic (exact) mass is 315 g/mol. The molecule has 0 unspecified atom stereocenters. The molecule has 92 valence electrons. The van der Waals surface area contributed by atoms with Crippen LogP contribution in [0.25, 0.3) is 0 Å². The number of hydrogen-bond acceptors (Lipinski definition) is 1. The zero-order valence-corrected chi connectivity index (χ0v) is 12.1. The smallest absolute Gasteiger partial charge is 0.253 e. The van der Waals surface area contributed by atoms with Gasteiger partial charge in [0.15, 0.2) is 0 Å². The van der Waals surface area contributed by atoms with Gasteiger partial charge in [-0.25, -0.2) is 0 Å². The van der Waals surface area contributed by atoms with Gasteiger partial charge in [-0.2, -0.15) is 0 Å². The number of hydrogen-bond donors (Lipinski definition) is 0. The lowest BCUT2D eigenvalue weighted by molar-refractivity contribution is 0.0697. The van der Waals surface area contributed by atoms with Gasteiger partial charge in [0, 0.05) is 23.1 Å². The van der Waals surface area contributed by atoms with Crippen molar-refractivity contribution in [2.24, 2.45) is 5.92 Å². The summed E-state index contributed by atoms with van der Waals surface area (Å²) >= 11 is 9.33. The predicted octanol–water partition coefficient (Wildman–Crippen LogP) is 3.97. The Morgan fingerprint density at radius 2 is 2.06 bits per heavy atom. The third-order valence-corrected chi connectivity index (χ3v) is 4.47. The molecule has 2 nitrogen and oxygen atoms in total. The summed E-state index contributed by atoms with van der Waals surface area (Å²) < 4.78 is 0.822. The highest BCUT2D eigenvalue weighted by atomic mass is 79.9. The van der Waals surface area contributed by atoms with E-state index >= 15 is 0 Å². The van der Waals surface area contributed by atoms with Crippen molar-refractivity contribution < 1.29 is 4.79 Å². The van der Waals surface area contributed by atoms with Gasteiger partial charge in [0.05, 0.1) is 5.02 Å². The molecule has 0 radical (unpaired) electrons. The molecule has 0 N–H and O–H groups in total. The molecule has 17 heavy (non-hydrogen) atoms. The van der Waals surface area contributed by atoms with Crippen molar-refractivity contribution in [3.8, 4) is 0 Å². The van der Waals surface area contributed by atoms with E-state index < -0.39 is 0 Å². The number of carbonyl (C=O) groups is 1. The van der Waals surface area contributed by atoms with Crippen LogP contribution >= 0.6 is 27.5 Å². The Labute approximate surface area is 115 Å². The maximum absolute atomic E-state index is 12.2. The van der Waals surface area contributed by atoms with Crippen molar-refractivity contribution in [2.45, 2.75) is 19.8 Å². The molecule has 2 rings (SSSR count). The molecule has 0 aromatic heterocycles. The summed E-state index contributed by atoms with van der Waals surface area (Å²) in [7, 11) is 0. The first kappa shape index (κ1) is 12.9. The number of carbonyl (C=O) groups excluding carboxylic acids is 1. The fourth-order valence-electron chi connectivity index (χ4n) is 2.02. The van der Waals surface area contributed by atoms with Crippen LogP contribution < -0.4 is 0 Å². The molecule has 4 heteroatoms. The second-order valence-corrected chi connectivity index (χ2v) is 5.87. The molecule has 0 bridgehead atoms. The van der Waals surface area contributed by atoms with Crippen molar-refractivity contribution in [1.29, 1.82) is 0 Å². The highest BCUT2D eigenvalue weighted by molar-refractivity contribution is 9.10. The Balaban J connectivity index is 2.11. The van der Waals surface area contributed by atoms with E-state index in [9.17, 15) is 4.79 Å². The molecule has 1 heterocycles. The topological polar surface area (TPSA) is 20.3 Å². The number of amides is 1. The van der Waals surface area contributed by atoms with Crippen molar-refractivity contribution in [2.75, 3.05) is 13.1 Å². The van der Waals surface area contributed by atoms with Crippen molar-refractivity contribution in [3.05, 3.63) is 33.3 Å². The van der Waals surface area contributed by atoms with E-state index in [0.717, 1.165) is 36.3 Å². The number of benzene rings is 1. The fraction of sp³-hybridized carbons (Fsp3) is 0.462. The van der Waals surface area contributed by atoms with E-state index in [1.165, 1.54) is 0 Å². The van der Waals surface area contributed by atoms with E-state index in [0.29, 0.717) is 10.6 Å². The molecule has 1 aromatic rings. The molecule has 1 saturated heterocycles. The quantitative estimate of drug-likeness (QED) is 0.767. The summed E-state index contributed by atoms with van der Waals surface area (Å²) in [4.78, 5) is 14.1. The van der Waals surface area contributed by atoms with Gasteiger partial charge in [0.2, 0.25) is 0 Å². The lowest BCUT2D eigenvalue weighted by Gasteiger charge is -2.30. The van der Waals surface area contributed by atoms with Gasteiger partial charge < -0.3 is 4.90 Å². The van der Waals surface area contributed by atoms with Gasteiger partial charge in [-0.15, -0.1) is 0 Å². The number of nitrogens with zero attached hydrogens (tertiary/aromatic N) is 1. The number of halogens is 2. The van der Waals surface area contributed by atoms with Crippen LogP contribution in [0.3, 0.4) is 0 Å². The van der Waals surface area contributed by atoms with Crippen LogP contribution in [0, 0.1) is 5.92 Å². The lowest BCUT2D eigenvalue weighted by atomic mass is 9.98. The zero-order chi connectivity index (χ0) is 12.4. The average molecular weight is 317 g/mol. The number of likely N-dealkylation sites (tertiary alicyclic amines) is 1. The molecule has 0 saturated carbocycles. The fourth-order valence-corrected chi connectivity index (χ4v) is 2.45. The maximum atomic E-state index is 12.2. The van der Waals surface area contributed by atoms with Crippen LogP contribution in [0.2, 0.25) is 5.02 Å². The highest BCUT2D eigenvalue weighted by Crippen LogP contribution is 2.25. The van der Waals surface area contributed by atoms with E-state index in [1.54, 1.807) is 6.07 Å². The summed E-state index contributed by atoms with van der Waals surface area (Å²) in [6, 6.07) is 5.37. The SMILES string of the molecule is CC1CCN(C(=O)c2ccc(Br)c(Cl)c2)CC1. The Morgan fingerprint density at radius 3 is 2.65 bits per heavy atom. The van der Waals surface area contributed by atoms with E-state index in [1.807, 2.05) is 17.0 Å². The number of piperidine rings is 1. The van der Waals surface area contributed by atoms with Crippen LogP contribution in [-0.2, 0) is 0 Å². The van der Waals surface area contributed by atoms with Gasteiger partial charge in [0.1, 0.15) is 0 Å². The summed E-state index contributed by atoms with van der Waals surface area (Å²) in [5.74, 6) is 0.818. The molecule has 0 spiro atoms. The molecular weight excluding hydrogens is 302 g/mol. The summed E-state index contributed by atoms with van der Waals surface area (Å²) in [5, 5.41) is 0.584. The van der Waals surface area contributed by atoms with E-state index in [-0.39, 0.29) is 5.91 Å². The van der Waals surface area contributed by atoms with Gasteiger partial charge in [-0.1, -0.05) is 18.5 Å². The first-order valence-corrected chi connectivity index (χ1v) is 6.99. The van der Waals surface area contributed by atoms with Gasteiger partial charge in [0.25, 0.3) is 5.91 Å². The minimum absolute atomic E-state index is 0.0892. The highest BCUT2D eigenvalue weighted by Gasteiger charge is 2.21. The maximum Gasteiger partial charge on any atom is 0.253 e. The molecule has 1 aromatic carbocycles. The van der Waals surface area contributed by atoms with Crippen LogP contribution in [-0.4, -0.2) is 23.9 Å². The third kappa shape index (κ3) is 3.02. The predicted molar refractivity (Wildman–Crippen MR) is 73.5 cm³/mol. The minimum atomic E-state index is 0.0892. The summed E-state index contributed by atoms with van der Waals surface area (Å²) in [6.45, 7) is 3.94. The standard InChI is InChI=1S/C13H15BrClNO/c1-9-4-6-16(7-5-9)13(17)10-2-3-11(14)12(15)8-10/h2-3,8-9H,4-7H2,1H3. The zero-order valence-electron chi connectivity index (χ0n) is 9.75. The molecule has 1 amide bonds. The Hall–Kier alpha value is -0.540. The van der Waals surface area contributed by atoms with Crippen molar-refractivity contribution in [3.63, 3.8) is 0 Å². The largest absolute Gasteiger partial charge is 0.339 e. The van der Waals surface area contributed by atoms with Gasteiger partial charge in [-0.3, -0.25) is 4.79 Å². The van der Waals surface area contributed by atoms with E-state index in [4.69, 9.17) is 11.6 Å². The van der Waals surface area contributed by atoms with Crippen LogP contribution in [0.5, 0.6) is 0 Å². The summed E-state index contributed by atoms with van der Waals surface area (Å²) in [5.41, 5.74) is 0.674. The Kier molecular flexibility index (Phi) is 4.10. The Morgan fingerprint density at radius 1 is 1.41 bits per heavy atom. The van der Waals surface area contributed by atoms with Crippen molar-refractivity contribution >= 4 is 33.4 Å². The van der Waals surface area contributed by atoms with Crippen LogP contribution in [0.4, 0.5) is 0 Å². The molecule has 0 atom stereocenters. The summed E-state index contributed by atoms with van der Waals surface area (Å²) in [6.07, 6.45) is 2.19. The average Bonchev–Trinajstić information content (AvgIpc) is 2.33. The molecule has 1 aliphatic rings. The normalized spacial score (nSPS) is 17.2. The van der Waals surface area contributed by atoms with Crippen LogP contribution in [0.15, 0.2) is 22.7 Å². The lowest BCUT2D eigenvalue weighted by Crippen LogP contribution is -2.37. The second kappa shape index (κ2) is 5.40. The molecule has 1 aliphatic heterocycles. The number of rotatable bonds is 1.